The zero-order valence-electron chi connectivity index (χ0n) is 20.6. The predicted octanol–water partition coefficient (Wildman–Crippen LogP) is 6.25. The van der Waals surface area contributed by atoms with E-state index in [0.717, 1.165) is 35.1 Å². The van der Waals surface area contributed by atoms with Crippen LogP contribution in [0.15, 0.2) is 79.1 Å². The summed E-state index contributed by atoms with van der Waals surface area (Å²) in [6.45, 7) is 4.74. The molecule has 0 saturated carbocycles. The largest absolute Gasteiger partial charge is 0.490 e. The average Bonchev–Trinajstić information content (AvgIpc) is 3.46. The molecule has 0 radical (unpaired) electrons. The van der Waals surface area contributed by atoms with Crippen molar-refractivity contribution in [3.63, 3.8) is 0 Å². The van der Waals surface area contributed by atoms with Gasteiger partial charge in [0.05, 0.1) is 6.61 Å². The first-order valence-electron chi connectivity index (χ1n) is 12.4. The van der Waals surface area contributed by atoms with Crippen molar-refractivity contribution >= 4 is 5.78 Å². The van der Waals surface area contributed by atoms with E-state index in [-0.39, 0.29) is 12.4 Å². The summed E-state index contributed by atoms with van der Waals surface area (Å²) >= 11 is 0. The molecule has 3 aromatic carbocycles. The van der Waals surface area contributed by atoms with E-state index in [4.69, 9.17) is 14.2 Å². The van der Waals surface area contributed by atoms with Crippen LogP contribution in [0.4, 0.5) is 0 Å². The van der Waals surface area contributed by atoms with Crippen LogP contribution in [0.5, 0.6) is 17.2 Å². The highest BCUT2D eigenvalue weighted by molar-refractivity contribution is 5.99. The summed E-state index contributed by atoms with van der Waals surface area (Å²) < 4.78 is 18.9. The van der Waals surface area contributed by atoms with Gasteiger partial charge in [-0.1, -0.05) is 42.5 Å². The van der Waals surface area contributed by atoms with Crippen molar-refractivity contribution in [1.29, 1.82) is 0 Å². The van der Waals surface area contributed by atoms with Crippen LogP contribution in [0.1, 0.15) is 59.6 Å². The number of nitrogens with zero attached hydrogens (tertiary/aromatic N) is 1. The summed E-state index contributed by atoms with van der Waals surface area (Å²) in [7, 11) is 0. The number of aromatic nitrogens is 2. The fraction of sp³-hybridized carbons (Fsp3) is 0.267. The van der Waals surface area contributed by atoms with Crippen LogP contribution in [0.25, 0.3) is 0 Å². The van der Waals surface area contributed by atoms with Crippen LogP contribution in [-0.2, 0) is 18.6 Å². The molecule has 184 valence electrons. The number of nitrogens with one attached hydrogen (secondary N) is 1. The Labute approximate surface area is 211 Å². The van der Waals surface area contributed by atoms with Crippen LogP contribution in [0.2, 0.25) is 0 Å². The molecule has 6 nitrogen and oxygen atoms in total. The number of Topliss-reactive ketones (excluding diaryl/α,β-unsaturated/α-hetero) is 1. The van der Waals surface area contributed by atoms with Gasteiger partial charge in [-0.25, -0.2) is 4.98 Å². The molecule has 1 N–H and O–H groups in total. The van der Waals surface area contributed by atoms with Gasteiger partial charge in [-0.15, -0.1) is 0 Å². The summed E-state index contributed by atoms with van der Waals surface area (Å²) in [4.78, 5) is 20.5. The quantitative estimate of drug-likeness (QED) is 0.305. The van der Waals surface area contributed by atoms with Crippen LogP contribution in [0, 0.1) is 0 Å². The first kappa shape index (κ1) is 23.7. The lowest BCUT2D eigenvalue weighted by atomic mass is 9.86. The van der Waals surface area contributed by atoms with Crippen LogP contribution in [-0.4, -0.2) is 22.4 Å². The molecule has 0 bridgehead atoms. The molecular formula is C30H30N2O4. The molecule has 1 aliphatic carbocycles. The van der Waals surface area contributed by atoms with Gasteiger partial charge in [-0.2, -0.15) is 0 Å². The molecule has 1 aliphatic rings. The van der Waals surface area contributed by atoms with Gasteiger partial charge in [0.2, 0.25) is 0 Å². The summed E-state index contributed by atoms with van der Waals surface area (Å²) in [5.41, 5.74) is 2.70. The minimum absolute atomic E-state index is 0.163. The Kier molecular flexibility index (Phi) is 6.76. The SMILES string of the molecule is CCOc1ccccc1OCc1c(O[C@@](C)(c2ccccc2)c2ncc[nH]2)ccc2c1CCCC2=O. The highest BCUT2D eigenvalue weighted by Crippen LogP contribution is 2.39. The number of ketones is 1. The Morgan fingerprint density at radius 2 is 1.67 bits per heavy atom. The summed E-state index contributed by atoms with van der Waals surface area (Å²) in [6, 6.07) is 21.4. The molecular weight excluding hydrogens is 452 g/mol. The maximum Gasteiger partial charge on any atom is 0.188 e. The number of para-hydroxylation sites is 2. The van der Waals surface area contributed by atoms with Gasteiger partial charge in [0.25, 0.3) is 0 Å². The molecule has 0 spiro atoms. The number of benzene rings is 3. The van der Waals surface area contributed by atoms with Crippen molar-refractivity contribution in [1.82, 2.24) is 9.97 Å². The second-order valence-corrected chi connectivity index (χ2v) is 8.95. The molecule has 0 unspecified atom stereocenters. The lowest BCUT2D eigenvalue weighted by Crippen LogP contribution is -2.33. The van der Waals surface area contributed by atoms with Crippen molar-refractivity contribution in [2.45, 2.75) is 45.3 Å². The molecule has 1 heterocycles. The molecule has 4 aromatic rings. The zero-order valence-corrected chi connectivity index (χ0v) is 20.6. The standard InChI is InChI=1S/C30H30N2O4/c1-3-34-27-14-7-8-15-28(27)35-20-24-22-12-9-13-25(33)23(22)16-17-26(24)36-30(2,29-31-18-19-32-29)21-10-5-4-6-11-21/h4-8,10-11,14-19H,3,9,12-13,20H2,1-2H3,(H,31,32)/t30-/m0/s1. The Hall–Kier alpha value is -4.06. The Bertz CT molecular complexity index is 1330. The fourth-order valence-corrected chi connectivity index (χ4v) is 4.77. The number of ether oxygens (including phenoxy) is 3. The number of imidazole rings is 1. The molecule has 0 saturated heterocycles. The van der Waals surface area contributed by atoms with Gasteiger partial charge in [0, 0.05) is 35.5 Å². The van der Waals surface area contributed by atoms with Gasteiger partial charge >= 0.3 is 0 Å². The first-order chi connectivity index (χ1) is 17.6. The number of H-pyrrole nitrogens is 1. The van der Waals surface area contributed by atoms with Crippen LogP contribution >= 0.6 is 0 Å². The Morgan fingerprint density at radius 1 is 0.917 bits per heavy atom. The molecule has 1 aromatic heterocycles. The van der Waals surface area contributed by atoms with Crippen LogP contribution in [0.3, 0.4) is 0 Å². The van der Waals surface area contributed by atoms with Gasteiger partial charge in [0.1, 0.15) is 12.4 Å². The number of hydrogen-bond acceptors (Lipinski definition) is 5. The van der Waals surface area contributed by atoms with Crippen molar-refractivity contribution in [3.8, 4) is 17.2 Å². The fourth-order valence-electron chi connectivity index (χ4n) is 4.77. The monoisotopic (exact) mass is 482 g/mol. The second-order valence-electron chi connectivity index (χ2n) is 8.95. The highest BCUT2D eigenvalue weighted by atomic mass is 16.5. The van der Waals surface area contributed by atoms with Crippen molar-refractivity contribution in [2.24, 2.45) is 0 Å². The lowest BCUT2D eigenvalue weighted by molar-refractivity contribution is 0.0970. The van der Waals surface area contributed by atoms with Gasteiger partial charge < -0.3 is 19.2 Å². The maximum absolute atomic E-state index is 12.7. The number of fused-ring (bicyclic) bond motifs is 1. The zero-order chi connectivity index (χ0) is 25.0. The number of carbonyl (C=O) groups excluding carboxylic acids is 1. The van der Waals surface area contributed by atoms with Crippen molar-refractivity contribution in [2.75, 3.05) is 6.61 Å². The van der Waals surface area contributed by atoms with Gasteiger partial charge in [-0.05, 0) is 56.5 Å². The third kappa shape index (κ3) is 4.59. The highest BCUT2D eigenvalue weighted by Gasteiger charge is 2.35. The Morgan fingerprint density at radius 3 is 2.39 bits per heavy atom. The van der Waals surface area contributed by atoms with Crippen molar-refractivity contribution in [3.05, 3.63) is 107 Å². The smallest absolute Gasteiger partial charge is 0.188 e. The summed E-state index contributed by atoms with van der Waals surface area (Å²) in [6.07, 6.45) is 5.69. The Balaban J connectivity index is 1.57. The molecule has 5 rings (SSSR count). The van der Waals surface area contributed by atoms with Crippen LogP contribution < -0.4 is 14.2 Å². The van der Waals surface area contributed by atoms with E-state index in [2.05, 4.69) is 9.97 Å². The maximum atomic E-state index is 12.7. The number of rotatable bonds is 9. The second kappa shape index (κ2) is 10.3. The molecule has 0 amide bonds. The van der Waals surface area contributed by atoms with E-state index >= 15 is 0 Å². The molecule has 36 heavy (non-hydrogen) atoms. The normalized spacial score (nSPS) is 14.6. The van der Waals surface area contributed by atoms with E-state index in [1.807, 2.05) is 80.6 Å². The molecule has 0 aliphatic heterocycles. The summed E-state index contributed by atoms with van der Waals surface area (Å²) in [5, 5.41) is 0. The number of aromatic amines is 1. The topological polar surface area (TPSA) is 73.4 Å². The van der Waals surface area contributed by atoms with Gasteiger partial charge in [0.15, 0.2) is 28.7 Å². The van der Waals surface area contributed by atoms with E-state index in [1.165, 1.54) is 0 Å². The third-order valence-electron chi connectivity index (χ3n) is 6.63. The van der Waals surface area contributed by atoms with E-state index in [0.29, 0.717) is 36.1 Å². The van der Waals surface area contributed by atoms with E-state index < -0.39 is 5.60 Å². The van der Waals surface area contributed by atoms with E-state index in [9.17, 15) is 4.79 Å². The van der Waals surface area contributed by atoms with Gasteiger partial charge in [-0.3, -0.25) is 4.79 Å². The first-order valence-corrected chi connectivity index (χ1v) is 12.4. The molecule has 6 heteroatoms. The average molecular weight is 483 g/mol. The molecule has 1 atom stereocenters. The predicted molar refractivity (Wildman–Crippen MR) is 138 cm³/mol. The minimum atomic E-state index is -0.879. The third-order valence-corrected chi connectivity index (χ3v) is 6.63. The van der Waals surface area contributed by atoms with Crippen molar-refractivity contribution < 1.29 is 19.0 Å². The number of carbonyl (C=O) groups is 1. The minimum Gasteiger partial charge on any atom is -0.490 e. The van der Waals surface area contributed by atoms with E-state index in [1.54, 1.807) is 12.4 Å². The lowest BCUT2D eigenvalue weighted by Gasteiger charge is -2.32. The molecule has 0 fully saturated rings. The summed E-state index contributed by atoms with van der Waals surface area (Å²) in [5.74, 6) is 2.86. The number of hydrogen-bond donors (Lipinski definition) is 1.